The second kappa shape index (κ2) is 4.13. The number of carboxylic acids is 1. The summed E-state index contributed by atoms with van der Waals surface area (Å²) in [6, 6.07) is 0.714. The molecule has 0 saturated carbocycles. The van der Waals surface area contributed by atoms with Crippen LogP contribution in [-0.4, -0.2) is 15.6 Å². The zero-order chi connectivity index (χ0) is 14.6. The average molecular weight is 279 g/mol. The van der Waals surface area contributed by atoms with Crippen LogP contribution in [0.25, 0.3) is 10.9 Å². The van der Waals surface area contributed by atoms with Crippen molar-refractivity contribution >= 4 is 16.9 Å². The Labute approximate surface area is 112 Å². The quantitative estimate of drug-likeness (QED) is 0.872. The Kier molecular flexibility index (Phi) is 2.64. The SMILES string of the molecule is C[C@H]1CCc2c(F)c(F)cc3c(=O)c(C(=O)O)cn1c23. The summed E-state index contributed by atoms with van der Waals surface area (Å²) in [5, 5.41) is 8.98. The molecule has 2 heterocycles. The Morgan fingerprint density at radius 3 is 2.80 bits per heavy atom. The third-order valence-corrected chi connectivity index (χ3v) is 3.82. The van der Waals surface area contributed by atoms with Crippen LogP contribution in [0, 0.1) is 11.6 Å². The van der Waals surface area contributed by atoms with Gasteiger partial charge < -0.3 is 9.67 Å². The largest absolute Gasteiger partial charge is 0.477 e. The second-order valence-electron chi connectivity index (χ2n) is 5.02. The molecule has 0 unspecified atom stereocenters. The van der Waals surface area contributed by atoms with Gasteiger partial charge in [0, 0.05) is 23.2 Å². The molecular formula is C14H11F2NO3. The summed E-state index contributed by atoms with van der Waals surface area (Å²) in [6.07, 6.45) is 2.11. The lowest BCUT2D eigenvalue weighted by atomic mass is 9.95. The lowest BCUT2D eigenvalue weighted by molar-refractivity contribution is 0.0694. The van der Waals surface area contributed by atoms with Crippen molar-refractivity contribution in [3.63, 3.8) is 0 Å². The molecule has 1 aliphatic rings. The van der Waals surface area contributed by atoms with Gasteiger partial charge in [0.15, 0.2) is 11.6 Å². The number of rotatable bonds is 1. The van der Waals surface area contributed by atoms with E-state index in [4.69, 9.17) is 5.11 Å². The van der Waals surface area contributed by atoms with E-state index in [1.165, 1.54) is 6.20 Å². The molecule has 1 atom stereocenters. The van der Waals surface area contributed by atoms with E-state index < -0.39 is 28.6 Å². The number of halogens is 2. The number of aryl methyl sites for hydroxylation is 1. The number of benzene rings is 1. The fraction of sp³-hybridized carbons (Fsp3) is 0.286. The van der Waals surface area contributed by atoms with E-state index in [0.29, 0.717) is 18.4 Å². The minimum absolute atomic E-state index is 0.0754. The number of carboxylic acid groups (broad SMARTS) is 1. The summed E-state index contributed by atoms with van der Waals surface area (Å²) in [6.45, 7) is 1.85. The van der Waals surface area contributed by atoms with Gasteiger partial charge in [0.1, 0.15) is 5.56 Å². The molecule has 0 aliphatic carbocycles. The second-order valence-corrected chi connectivity index (χ2v) is 5.02. The first-order chi connectivity index (χ1) is 9.41. The van der Waals surface area contributed by atoms with Crippen LogP contribution < -0.4 is 5.43 Å². The number of nitrogens with zero attached hydrogens (tertiary/aromatic N) is 1. The summed E-state index contributed by atoms with van der Waals surface area (Å²) in [7, 11) is 0. The highest BCUT2D eigenvalue weighted by Crippen LogP contribution is 2.32. The van der Waals surface area contributed by atoms with Crippen LogP contribution >= 0.6 is 0 Å². The smallest absolute Gasteiger partial charge is 0.341 e. The number of carbonyl (C=O) groups is 1. The summed E-state index contributed by atoms with van der Waals surface area (Å²) < 4.78 is 29.0. The predicted octanol–water partition coefficient (Wildman–Crippen LogP) is 2.49. The molecule has 0 bridgehead atoms. The predicted molar refractivity (Wildman–Crippen MR) is 68.1 cm³/mol. The number of pyridine rings is 1. The molecule has 0 spiro atoms. The average Bonchev–Trinajstić information content (AvgIpc) is 2.39. The van der Waals surface area contributed by atoms with Crippen molar-refractivity contribution in [2.75, 3.05) is 0 Å². The maximum atomic E-state index is 13.9. The molecule has 2 aromatic rings. The molecule has 1 aromatic heterocycles. The Morgan fingerprint density at radius 2 is 2.15 bits per heavy atom. The fourth-order valence-corrected chi connectivity index (χ4v) is 2.76. The first-order valence-electron chi connectivity index (χ1n) is 6.21. The summed E-state index contributed by atoms with van der Waals surface area (Å²) in [5.74, 6) is -3.45. The molecule has 6 heteroatoms. The summed E-state index contributed by atoms with van der Waals surface area (Å²) in [4.78, 5) is 23.2. The zero-order valence-corrected chi connectivity index (χ0v) is 10.6. The van der Waals surface area contributed by atoms with E-state index in [0.717, 1.165) is 6.07 Å². The molecule has 0 fully saturated rings. The molecule has 0 amide bonds. The number of aromatic nitrogens is 1. The monoisotopic (exact) mass is 279 g/mol. The normalized spacial score (nSPS) is 17.4. The third kappa shape index (κ3) is 1.57. The third-order valence-electron chi connectivity index (χ3n) is 3.82. The molecule has 3 rings (SSSR count). The number of aromatic carboxylic acids is 1. The highest BCUT2D eigenvalue weighted by atomic mass is 19.2. The summed E-state index contributed by atoms with van der Waals surface area (Å²) >= 11 is 0. The van der Waals surface area contributed by atoms with Crippen molar-refractivity contribution < 1.29 is 18.7 Å². The molecular weight excluding hydrogens is 268 g/mol. The first kappa shape index (κ1) is 12.8. The maximum Gasteiger partial charge on any atom is 0.341 e. The van der Waals surface area contributed by atoms with Gasteiger partial charge in [0.2, 0.25) is 5.43 Å². The Balaban J connectivity index is 2.57. The highest BCUT2D eigenvalue weighted by molar-refractivity contribution is 5.93. The van der Waals surface area contributed by atoms with E-state index in [1.807, 2.05) is 6.92 Å². The molecule has 0 saturated heterocycles. The van der Waals surface area contributed by atoms with Gasteiger partial charge in [-0.05, 0) is 25.8 Å². The number of hydrogen-bond donors (Lipinski definition) is 1. The minimum atomic E-state index is -1.37. The first-order valence-corrected chi connectivity index (χ1v) is 6.21. The fourth-order valence-electron chi connectivity index (χ4n) is 2.76. The zero-order valence-electron chi connectivity index (χ0n) is 10.6. The molecule has 1 aromatic carbocycles. The molecule has 1 aliphatic heterocycles. The molecule has 0 radical (unpaired) electrons. The van der Waals surface area contributed by atoms with Crippen molar-refractivity contribution in [2.45, 2.75) is 25.8 Å². The van der Waals surface area contributed by atoms with Crippen molar-refractivity contribution in [3.05, 3.63) is 45.2 Å². The van der Waals surface area contributed by atoms with Gasteiger partial charge in [-0.1, -0.05) is 0 Å². The van der Waals surface area contributed by atoms with Gasteiger partial charge in [-0.2, -0.15) is 0 Å². The van der Waals surface area contributed by atoms with E-state index in [9.17, 15) is 18.4 Å². The van der Waals surface area contributed by atoms with Crippen LogP contribution in [-0.2, 0) is 6.42 Å². The van der Waals surface area contributed by atoms with Crippen LogP contribution in [0.15, 0.2) is 17.1 Å². The molecule has 1 N–H and O–H groups in total. The lowest BCUT2D eigenvalue weighted by Gasteiger charge is -2.26. The van der Waals surface area contributed by atoms with E-state index >= 15 is 0 Å². The Hall–Kier alpha value is -2.24. The van der Waals surface area contributed by atoms with Crippen LogP contribution in [0.4, 0.5) is 8.78 Å². The van der Waals surface area contributed by atoms with Crippen LogP contribution in [0.1, 0.15) is 35.3 Å². The topological polar surface area (TPSA) is 59.3 Å². The van der Waals surface area contributed by atoms with Crippen molar-refractivity contribution in [2.24, 2.45) is 0 Å². The van der Waals surface area contributed by atoms with Crippen molar-refractivity contribution in [1.29, 1.82) is 0 Å². The van der Waals surface area contributed by atoms with E-state index in [-0.39, 0.29) is 17.0 Å². The van der Waals surface area contributed by atoms with Crippen molar-refractivity contribution in [1.82, 2.24) is 4.57 Å². The van der Waals surface area contributed by atoms with Gasteiger partial charge in [-0.3, -0.25) is 4.79 Å². The maximum absolute atomic E-state index is 13.9. The lowest BCUT2D eigenvalue weighted by Crippen LogP contribution is -2.24. The van der Waals surface area contributed by atoms with Gasteiger partial charge in [-0.15, -0.1) is 0 Å². The van der Waals surface area contributed by atoms with Crippen LogP contribution in [0.3, 0.4) is 0 Å². The Bertz CT molecular complexity index is 810. The van der Waals surface area contributed by atoms with Crippen LogP contribution in [0.5, 0.6) is 0 Å². The van der Waals surface area contributed by atoms with Crippen LogP contribution in [0.2, 0.25) is 0 Å². The minimum Gasteiger partial charge on any atom is -0.477 e. The van der Waals surface area contributed by atoms with Crippen molar-refractivity contribution in [3.8, 4) is 0 Å². The Morgan fingerprint density at radius 1 is 1.45 bits per heavy atom. The van der Waals surface area contributed by atoms with E-state index in [1.54, 1.807) is 4.57 Å². The molecule has 104 valence electrons. The standard InChI is InChI=1S/C14H11F2NO3/c1-6-2-3-7-11(16)10(15)4-8-12(7)17(6)5-9(13(8)18)14(19)20/h4-6H,2-3H2,1H3,(H,19,20)/t6-/m0/s1. The van der Waals surface area contributed by atoms with E-state index in [2.05, 4.69) is 0 Å². The number of hydrogen-bond acceptors (Lipinski definition) is 2. The molecule has 20 heavy (non-hydrogen) atoms. The highest BCUT2D eigenvalue weighted by Gasteiger charge is 2.26. The van der Waals surface area contributed by atoms with Gasteiger partial charge in [-0.25, -0.2) is 13.6 Å². The van der Waals surface area contributed by atoms with Gasteiger partial charge in [0.05, 0.1) is 5.52 Å². The molecule has 4 nitrogen and oxygen atoms in total. The van der Waals surface area contributed by atoms with Gasteiger partial charge in [0.25, 0.3) is 0 Å². The van der Waals surface area contributed by atoms with Gasteiger partial charge >= 0.3 is 5.97 Å². The summed E-state index contributed by atoms with van der Waals surface area (Å²) in [5.41, 5.74) is -0.758.